The number of amides is 1. The average molecular weight is 319 g/mol. The van der Waals surface area contributed by atoms with Crippen LogP contribution in [0.3, 0.4) is 0 Å². The first kappa shape index (κ1) is 16.9. The molecule has 1 saturated heterocycles. The molecule has 1 heterocycles. The summed E-state index contributed by atoms with van der Waals surface area (Å²) in [4.78, 5) is 25.6. The van der Waals surface area contributed by atoms with Gasteiger partial charge >= 0.3 is 5.97 Å². The topological polar surface area (TPSA) is 76.1 Å². The molecule has 0 aliphatic carbocycles. The van der Waals surface area contributed by atoms with E-state index in [4.69, 9.17) is 9.47 Å². The second-order valence-electron chi connectivity index (χ2n) is 5.38. The normalized spacial score (nSPS) is 15.7. The lowest BCUT2D eigenvalue weighted by Crippen LogP contribution is -2.37. The van der Waals surface area contributed by atoms with Crippen molar-refractivity contribution in [1.82, 2.24) is 4.90 Å². The average Bonchev–Trinajstić information content (AvgIpc) is 3.07. The smallest absolute Gasteiger partial charge is 0.331 e. The number of benzene rings is 1. The quantitative estimate of drug-likeness (QED) is 0.663. The van der Waals surface area contributed by atoms with E-state index in [1.165, 1.54) is 25.3 Å². The van der Waals surface area contributed by atoms with Crippen molar-refractivity contribution in [3.05, 3.63) is 29.8 Å². The molecule has 23 heavy (non-hydrogen) atoms. The van der Waals surface area contributed by atoms with Crippen LogP contribution in [0.5, 0.6) is 11.5 Å². The fourth-order valence-electron chi connectivity index (χ4n) is 2.42. The van der Waals surface area contributed by atoms with Crippen molar-refractivity contribution in [1.29, 1.82) is 0 Å². The number of carbonyl (C=O) groups is 2. The number of hydrogen-bond donors (Lipinski definition) is 1. The summed E-state index contributed by atoms with van der Waals surface area (Å²) in [7, 11) is 1.45. The van der Waals surface area contributed by atoms with Gasteiger partial charge in [-0.3, -0.25) is 4.79 Å². The zero-order chi connectivity index (χ0) is 16.8. The van der Waals surface area contributed by atoms with E-state index < -0.39 is 12.1 Å². The van der Waals surface area contributed by atoms with Gasteiger partial charge in [-0.25, -0.2) is 4.79 Å². The van der Waals surface area contributed by atoms with Crippen LogP contribution in [0.15, 0.2) is 24.3 Å². The van der Waals surface area contributed by atoms with Crippen molar-refractivity contribution in [2.75, 3.05) is 20.2 Å². The number of rotatable bonds is 5. The molecule has 1 aliphatic heterocycles. The molecule has 1 aliphatic rings. The molecule has 0 saturated carbocycles. The summed E-state index contributed by atoms with van der Waals surface area (Å²) in [6, 6.07) is 4.71. The van der Waals surface area contributed by atoms with Gasteiger partial charge in [-0.1, -0.05) is 6.07 Å². The van der Waals surface area contributed by atoms with Gasteiger partial charge in [0.1, 0.15) is 0 Å². The molecule has 0 radical (unpaired) electrons. The van der Waals surface area contributed by atoms with E-state index >= 15 is 0 Å². The summed E-state index contributed by atoms with van der Waals surface area (Å²) in [5.74, 6) is -0.400. The second kappa shape index (κ2) is 7.67. The summed E-state index contributed by atoms with van der Waals surface area (Å²) in [5, 5.41) is 9.51. The molecule has 6 heteroatoms. The molecule has 1 atom stereocenters. The molecule has 6 nitrogen and oxygen atoms in total. The van der Waals surface area contributed by atoms with Crippen molar-refractivity contribution in [3.8, 4) is 11.5 Å². The number of ether oxygens (including phenoxy) is 2. The van der Waals surface area contributed by atoms with Crippen LogP contribution in [0.4, 0.5) is 0 Å². The Kier molecular flexibility index (Phi) is 5.62. The van der Waals surface area contributed by atoms with E-state index in [0.29, 0.717) is 11.3 Å². The molecule has 124 valence electrons. The van der Waals surface area contributed by atoms with Crippen molar-refractivity contribution in [2.45, 2.75) is 25.9 Å². The lowest BCUT2D eigenvalue weighted by molar-refractivity contribution is -0.154. The summed E-state index contributed by atoms with van der Waals surface area (Å²) < 4.78 is 10.1. The molecule has 0 spiro atoms. The van der Waals surface area contributed by atoms with E-state index in [0.717, 1.165) is 25.9 Å². The van der Waals surface area contributed by atoms with E-state index in [-0.39, 0.29) is 11.7 Å². The van der Waals surface area contributed by atoms with Crippen molar-refractivity contribution >= 4 is 18.0 Å². The molecule has 1 aromatic carbocycles. The van der Waals surface area contributed by atoms with Gasteiger partial charge in [0.25, 0.3) is 5.91 Å². The third-order valence-corrected chi connectivity index (χ3v) is 3.67. The number of nitrogens with zero attached hydrogens (tertiary/aromatic N) is 1. The van der Waals surface area contributed by atoms with Gasteiger partial charge in [-0.2, -0.15) is 0 Å². The lowest BCUT2D eigenvalue weighted by Gasteiger charge is -2.19. The van der Waals surface area contributed by atoms with Gasteiger partial charge in [0.05, 0.1) is 7.11 Å². The number of aromatic hydroxyl groups is 1. The predicted molar refractivity (Wildman–Crippen MR) is 85.1 cm³/mol. The van der Waals surface area contributed by atoms with Crippen LogP contribution < -0.4 is 4.74 Å². The van der Waals surface area contributed by atoms with E-state index in [2.05, 4.69) is 0 Å². The van der Waals surface area contributed by atoms with Gasteiger partial charge in [-0.15, -0.1) is 0 Å². The molecule has 1 aromatic rings. The van der Waals surface area contributed by atoms with Crippen LogP contribution in [0, 0.1) is 0 Å². The highest BCUT2D eigenvalue weighted by atomic mass is 16.5. The third kappa shape index (κ3) is 4.48. The van der Waals surface area contributed by atoms with Gasteiger partial charge in [0, 0.05) is 19.2 Å². The Bertz CT molecular complexity index is 605. The molecule has 0 bridgehead atoms. The minimum absolute atomic E-state index is 0.0251. The first-order chi connectivity index (χ1) is 11.0. The van der Waals surface area contributed by atoms with Crippen molar-refractivity contribution < 1.29 is 24.2 Å². The molecule has 0 aromatic heterocycles. The Morgan fingerprint density at radius 1 is 1.30 bits per heavy atom. The van der Waals surface area contributed by atoms with E-state index in [1.807, 2.05) is 0 Å². The minimum atomic E-state index is -0.792. The monoisotopic (exact) mass is 319 g/mol. The second-order valence-corrected chi connectivity index (χ2v) is 5.38. The largest absolute Gasteiger partial charge is 0.504 e. The standard InChI is InChI=1S/C17H21NO5/c1-12(17(21)18-9-3-4-10-18)23-16(20)8-6-13-5-7-14(19)15(11-13)22-2/h5-8,11-12,19H,3-4,9-10H2,1-2H3/b8-6+/t12-/m0/s1. The molecule has 2 rings (SSSR count). The number of phenolic OH excluding ortho intramolecular Hbond substituents is 1. The lowest BCUT2D eigenvalue weighted by atomic mass is 10.2. The first-order valence-electron chi connectivity index (χ1n) is 7.55. The maximum atomic E-state index is 12.1. The van der Waals surface area contributed by atoms with E-state index in [9.17, 15) is 14.7 Å². The molecule has 1 amide bonds. The van der Waals surface area contributed by atoms with Gasteiger partial charge < -0.3 is 19.5 Å². The number of phenols is 1. The number of hydrogen-bond acceptors (Lipinski definition) is 5. The minimum Gasteiger partial charge on any atom is -0.504 e. The number of likely N-dealkylation sites (tertiary alicyclic amines) is 1. The van der Waals surface area contributed by atoms with Crippen LogP contribution in [0.1, 0.15) is 25.3 Å². The first-order valence-corrected chi connectivity index (χ1v) is 7.55. The highest BCUT2D eigenvalue weighted by Crippen LogP contribution is 2.26. The summed E-state index contributed by atoms with van der Waals surface area (Å²) in [6.07, 6.45) is 3.99. The van der Waals surface area contributed by atoms with E-state index in [1.54, 1.807) is 24.0 Å². The number of carbonyl (C=O) groups excluding carboxylic acids is 2. The summed E-state index contributed by atoms with van der Waals surface area (Å²) in [5.41, 5.74) is 0.676. The highest BCUT2D eigenvalue weighted by molar-refractivity contribution is 5.90. The fourth-order valence-corrected chi connectivity index (χ4v) is 2.42. The van der Waals surface area contributed by atoms with Gasteiger partial charge in [-0.05, 0) is 43.5 Å². The molecule has 1 fully saturated rings. The Morgan fingerprint density at radius 3 is 2.65 bits per heavy atom. The fraction of sp³-hybridized carbons (Fsp3) is 0.412. The maximum absolute atomic E-state index is 12.1. The SMILES string of the molecule is COc1cc(/C=C/C(=O)O[C@@H](C)C(=O)N2CCCC2)ccc1O. The molecule has 1 N–H and O–H groups in total. The highest BCUT2D eigenvalue weighted by Gasteiger charge is 2.25. The zero-order valence-electron chi connectivity index (χ0n) is 13.3. The van der Waals surface area contributed by atoms with Crippen LogP contribution in [0.2, 0.25) is 0 Å². The summed E-state index contributed by atoms with van der Waals surface area (Å²) in [6.45, 7) is 3.03. The Morgan fingerprint density at radius 2 is 2.00 bits per heavy atom. The van der Waals surface area contributed by atoms with Gasteiger partial charge in [0.2, 0.25) is 0 Å². The predicted octanol–water partition coefficient (Wildman–Crippen LogP) is 1.97. The third-order valence-electron chi connectivity index (χ3n) is 3.67. The number of methoxy groups -OCH3 is 1. The Balaban J connectivity index is 1.92. The van der Waals surface area contributed by atoms with Crippen LogP contribution in [-0.4, -0.2) is 48.2 Å². The summed E-state index contributed by atoms with van der Waals surface area (Å²) >= 11 is 0. The molecular weight excluding hydrogens is 298 g/mol. The molecular formula is C17H21NO5. The van der Waals surface area contributed by atoms with Crippen molar-refractivity contribution in [3.63, 3.8) is 0 Å². The Labute approximate surface area is 135 Å². The molecule has 0 unspecified atom stereocenters. The van der Waals surface area contributed by atoms with Crippen molar-refractivity contribution in [2.24, 2.45) is 0 Å². The zero-order valence-corrected chi connectivity index (χ0v) is 13.3. The van der Waals surface area contributed by atoms with Crippen LogP contribution in [-0.2, 0) is 14.3 Å². The maximum Gasteiger partial charge on any atom is 0.331 e. The number of esters is 1. The van der Waals surface area contributed by atoms with Crippen LogP contribution >= 0.6 is 0 Å². The van der Waals surface area contributed by atoms with Gasteiger partial charge in [0.15, 0.2) is 17.6 Å². The Hall–Kier alpha value is -2.50. The van der Waals surface area contributed by atoms with Crippen LogP contribution in [0.25, 0.3) is 6.08 Å².